The first-order valence-electron chi connectivity index (χ1n) is 4.90. The van der Waals surface area contributed by atoms with Gasteiger partial charge in [-0.05, 0) is 12.8 Å². The van der Waals surface area contributed by atoms with Crippen molar-refractivity contribution >= 4 is 15.8 Å². The molecule has 0 radical (unpaired) electrons. The van der Waals surface area contributed by atoms with Crippen LogP contribution in [0.3, 0.4) is 0 Å². The molecule has 0 bridgehead atoms. The average Bonchev–Trinajstić information content (AvgIpc) is 2.03. The molecule has 5 heteroatoms. The van der Waals surface area contributed by atoms with Gasteiger partial charge in [0.1, 0.15) is 0 Å². The minimum absolute atomic E-state index is 0.0340. The lowest BCUT2D eigenvalue weighted by molar-refractivity contribution is -0.136. The van der Waals surface area contributed by atoms with Crippen LogP contribution in [0.15, 0.2) is 0 Å². The van der Waals surface area contributed by atoms with Crippen LogP contribution in [0.1, 0.15) is 39.5 Å². The smallest absolute Gasteiger partial charge is 0.321 e. The third-order valence-corrected chi connectivity index (χ3v) is 4.30. The van der Waals surface area contributed by atoms with Gasteiger partial charge >= 0.3 is 5.97 Å². The fourth-order valence-corrected chi connectivity index (χ4v) is 2.96. The molecule has 4 nitrogen and oxygen atoms in total. The summed E-state index contributed by atoms with van der Waals surface area (Å²) in [5, 5.41) is 7.58. The van der Waals surface area contributed by atoms with Gasteiger partial charge in [-0.25, -0.2) is 8.42 Å². The predicted molar refractivity (Wildman–Crippen MR) is 55.0 cm³/mol. The van der Waals surface area contributed by atoms with Crippen LogP contribution in [0.2, 0.25) is 0 Å². The van der Waals surface area contributed by atoms with Crippen LogP contribution in [-0.2, 0) is 14.6 Å². The number of carboxylic acid groups (broad SMARTS) is 1. The van der Waals surface area contributed by atoms with Crippen molar-refractivity contribution in [2.45, 2.75) is 44.8 Å². The first kappa shape index (κ1) is 13.4. The fourth-order valence-electron chi connectivity index (χ4n) is 1.27. The Bertz CT molecular complexity index is 269. The van der Waals surface area contributed by atoms with Crippen molar-refractivity contribution in [3.63, 3.8) is 0 Å². The maximum atomic E-state index is 11.5. The number of aliphatic carboxylic acids is 1. The fraction of sp³-hybridized carbons (Fsp3) is 0.889. The van der Waals surface area contributed by atoms with Gasteiger partial charge in [0.05, 0.1) is 5.75 Å². The normalized spacial score (nSPS) is 13.9. The molecular formula is C9H18O4S. The molecule has 0 amide bonds. The van der Waals surface area contributed by atoms with Gasteiger partial charge in [-0.15, -0.1) is 0 Å². The summed E-state index contributed by atoms with van der Waals surface area (Å²) >= 11 is 0. The van der Waals surface area contributed by atoms with E-state index in [4.69, 9.17) is 5.11 Å². The zero-order valence-electron chi connectivity index (χ0n) is 8.69. The SMILES string of the molecule is CCCCC(C(=O)O)S(=O)(=O)CCC. The van der Waals surface area contributed by atoms with E-state index in [9.17, 15) is 13.2 Å². The molecule has 1 unspecified atom stereocenters. The molecule has 0 spiro atoms. The maximum Gasteiger partial charge on any atom is 0.321 e. The molecule has 0 saturated heterocycles. The van der Waals surface area contributed by atoms with E-state index < -0.39 is 21.1 Å². The van der Waals surface area contributed by atoms with Crippen LogP contribution in [0.5, 0.6) is 0 Å². The van der Waals surface area contributed by atoms with Gasteiger partial charge in [0.15, 0.2) is 15.1 Å². The van der Waals surface area contributed by atoms with E-state index in [0.29, 0.717) is 12.8 Å². The molecule has 84 valence electrons. The quantitative estimate of drug-likeness (QED) is 0.707. The van der Waals surface area contributed by atoms with E-state index in [-0.39, 0.29) is 12.2 Å². The highest BCUT2D eigenvalue weighted by molar-refractivity contribution is 7.92. The molecule has 0 aromatic carbocycles. The lowest BCUT2D eigenvalue weighted by Crippen LogP contribution is -2.31. The first-order valence-corrected chi connectivity index (χ1v) is 6.61. The van der Waals surface area contributed by atoms with Gasteiger partial charge in [-0.3, -0.25) is 4.79 Å². The van der Waals surface area contributed by atoms with Gasteiger partial charge < -0.3 is 5.11 Å². The van der Waals surface area contributed by atoms with Crippen molar-refractivity contribution in [1.82, 2.24) is 0 Å². The average molecular weight is 222 g/mol. The standard InChI is InChI=1S/C9H18O4S/c1-3-5-6-8(9(10)11)14(12,13)7-4-2/h8H,3-7H2,1-2H3,(H,10,11). The van der Waals surface area contributed by atoms with Gasteiger partial charge in [0, 0.05) is 0 Å². The zero-order chi connectivity index (χ0) is 11.2. The van der Waals surface area contributed by atoms with E-state index in [0.717, 1.165) is 6.42 Å². The van der Waals surface area contributed by atoms with Gasteiger partial charge in [-0.2, -0.15) is 0 Å². The van der Waals surface area contributed by atoms with Crippen LogP contribution in [-0.4, -0.2) is 30.5 Å². The highest BCUT2D eigenvalue weighted by Crippen LogP contribution is 2.12. The van der Waals surface area contributed by atoms with E-state index in [1.54, 1.807) is 6.92 Å². The number of carboxylic acids is 1. The highest BCUT2D eigenvalue weighted by Gasteiger charge is 2.30. The molecule has 0 aromatic rings. The Kier molecular flexibility index (Phi) is 5.76. The van der Waals surface area contributed by atoms with Gasteiger partial charge in [-0.1, -0.05) is 26.7 Å². The molecule has 0 aliphatic rings. The van der Waals surface area contributed by atoms with Crippen molar-refractivity contribution in [2.75, 3.05) is 5.75 Å². The summed E-state index contributed by atoms with van der Waals surface area (Å²) in [5.41, 5.74) is 0. The molecule has 0 aromatic heterocycles. The van der Waals surface area contributed by atoms with E-state index in [1.807, 2.05) is 6.92 Å². The van der Waals surface area contributed by atoms with Gasteiger partial charge in [0.2, 0.25) is 0 Å². The van der Waals surface area contributed by atoms with E-state index in [2.05, 4.69) is 0 Å². The van der Waals surface area contributed by atoms with Crippen molar-refractivity contribution in [2.24, 2.45) is 0 Å². The number of hydrogen-bond donors (Lipinski definition) is 1. The maximum absolute atomic E-state index is 11.5. The Labute approximate surface area is 85.2 Å². The molecule has 0 aliphatic carbocycles. The summed E-state index contributed by atoms with van der Waals surface area (Å²) in [7, 11) is -3.44. The van der Waals surface area contributed by atoms with Crippen LogP contribution in [0.25, 0.3) is 0 Å². The molecule has 1 atom stereocenters. The molecule has 0 aliphatic heterocycles. The topological polar surface area (TPSA) is 71.4 Å². The van der Waals surface area contributed by atoms with E-state index in [1.165, 1.54) is 0 Å². The minimum atomic E-state index is -3.44. The summed E-state index contributed by atoms with van der Waals surface area (Å²) in [6.45, 7) is 3.64. The Balaban J connectivity index is 4.56. The summed E-state index contributed by atoms with van der Waals surface area (Å²) < 4.78 is 23.0. The first-order chi connectivity index (χ1) is 6.45. The predicted octanol–water partition coefficient (Wildman–Crippen LogP) is 1.45. The Morgan fingerprint density at radius 2 is 1.86 bits per heavy atom. The van der Waals surface area contributed by atoms with Crippen molar-refractivity contribution in [1.29, 1.82) is 0 Å². The van der Waals surface area contributed by atoms with Crippen LogP contribution < -0.4 is 0 Å². The summed E-state index contributed by atoms with van der Waals surface area (Å²) in [4.78, 5) is 10.7. The Morgan fingerprint density at radius 1 is 1.29 bits per heavy atom. The minimum Gasteiger partial charge on any atom is -0.480 e. The van der Waals surface area contributed by atoms with Crippen molar-refractivity contribution < 1.29 is 18.3 Å². The molecule has 0 rings (SSSR count). The lowest BCUT2D eigenvalue weighted by atomic mass is 10.2. The Hall–Kier alpha value is -0.580. The monoisotopic (exact) mass is 222 g/mol. The largest absolute Gasteiger partial charge is 0.480 e. The highest BCUT2D eigenvalue weighted by atomic mass is 32.2. The number of rotatable bonds is 7. The van der Waals surface area contributed by atoms with Gasteiger partial charge in [0.25, 0.3) is 0 Å². The number of sulfone groups is 1. The lowest BCUT2D eigenvalue weighted by Gasteiger charge is -2.11. The van der Waals surface area contributed by atoms with Crippen LogP contribution in [0.4, 0.5) is 0 Å². The van der Waals surface area contributed by atoms with E-state index >= 15 is 0 Å². The third-order valence-electron chi connectivity index (χ3n) is 2.02. The summed E-state index contributed by atoms with van der Waals surface area (Å²) in [6, 6.07) is 0. The third kappa shape index (κ3) is 4.09. The zero-order valence-corrected chi connectivity index (χ0v) is 9.51. The molecular weight excluding hydrogens is 204 g/mol. The second kappa shape index (κ2) is 6.01. The second-order valence-electron chi connectivity index (χ2n) is 3.34. The van der Waals surface area contributed by atoms with Crippen LogP contribution >= 0.6 is 0 Å². The Morgan fingerprint density at radius 3 is 2.21 bits per heavy atom. The van der Waals surface area contributed by atoms with Crippen molar-refractivity contribution in [3.05, 3.63) is 0 Å². The van der Waals surface area contributed by atoms with Crippen molar-refractivity contribution in [3.8, 4) is 0 Å². The molecule has 14 heavy (non-hydrogen) atoms. The number of unbranched alkanes of at least 4 members (excludes halogenated alkanes) is 1. The molecule has 1 N–H and O–H groups in total. The molecule has 0 saturated carbocycles. The molecule has 0 fully saturated rings. The summed E-state index contributed by atoms with van der Waals surface area (Å²) in [6.07, 6.45) is 2.15. The number of carbonyl (C=O) groups is 1. The summed E-state index contributed by atoms with van der Waals surface area (Å²) in [5.74, 6) is -1.25. The second-order valence-corrected chi connectivity index (χ2v) is 5.64. The molecule has 0 heterocycles. The van der Waals surface area contributed by atoms with Crippen LogP contribution in [0, 0.1) is 0 Å². The number of hydrogen-bond acceptors (Lipinski definition) is 3.